The average Bonchev–Trinajstić information content (AvgIpc) is 2.81. The van der Waals surface area contributed by atoms with E-state index >= 15 is 0 Å². The number of H-pyrrole nitrogens is 1. The zero-order valence-corrected chi connectivity index (χ0v) is 17.8. The fraction of sp³-hybridized carbons (Fsp3) is 0.0870. The van der Waals surface area contributed by atoms with Gasteiger partial charge in [-0.3, -0.25) is 19.1 Å². The largest absolute Gasteiger partial charge is 0.485 e. The summed E-state index contributed by atoms with van der Waals surface area (Å²) in [5, 5.41) is 3.19. The molecule has 1 aromatic carbocycles. The second-order valence-electron chi connectivity index (χ2n) is 6.84. The van der Waals surface area contributed by atoms with E-state index < -0.39 is 5.91 Å². The van der Waals surface area contributed by atoms with E-state index in [0.717, 1.165) is 5.56 Å². The Hall–Kier alpha value is -4.11. The number of fused-ring (bicyclic) bond motifs is 1. The number of aromatic nitrogens is 4. The number of anilines is 1. The van der Waals surface area contributed by atoms with Gasteiger partial charge in [-0.05, 0) is 60.2 Å². The van der Waals surface area contributed by atoms with Crippen molar-refractivity contribution in [3.63, 3.8) is 0 Å². The molecule has 0 bridgehead atoms. The van der Waals surface area contributed by atoms with Gasteiger partial charge in [0.15, 0.2) is 16.3 Å². The van der Waals surface area contributed by atoms with Crippen molar-refractivity contribution in [2.75, 3.05) is 5.32 Å². The zero-order valence-electron chi connectivity index (χ0n) is 16.9. The Kier molecular flexibility index (Phi) is 6.18. The molecular formula is C23H19N5O3S. The van der Waals surface area contributed by atoms with Crippen LogP contribution in [0.1, 0.15) is 15.9 Å². The van der Waals surface area contributed by atoms with Crippen molar-refractivity contribution in [3.05, 3.63) is 100.0 Å². The third kappa shape index (κ3) is 4.47. The number of ether oxygens (including phenoxy) is 1. The maximum Gasteiger partial charge on any atom is 0.262 e. The molecular weight excluding hydrogens is 426 g/mol. The van der Waals surface area contributed by atoms with Crippen LogP contribution < -0.4 is 15.6 Å². The smallest absolute Gasteiger partial charge is 0.262 e. The van der Waals surface area contributed by atoms with Gasteiger partial charge in [-0.25, -0.2) is 4.98 Å². The van der Waals surface area contributed by atoms with Gasteiger partial charge in [0.1, 0.15) is 6.61 Å². The SMILES string of the molecule is C=CCn1c(=S)[nH]c2cc(C(=O)Nc3ncccc3OCc3ccncc3)ccc2c1=O. The zero-order chi connectivity index (χ0) is 22.5. The lowest BCUT2D eigenvalue weighted by Crippen LogP contribution is -2.22. The molecule has 160 valence electrons. The molecule has 0 saturated carbocycles. The highest BCUT2D eigenvalue weighted by molar-refractivity contribution is 7.71. The highest BCUT2D eigenvalue weighted by Crippen LogP contribution is 2.23. The van der Waals surface area contributed by atoms with Gasteiger partial charge in [-0.2, -0.15) is 0 Å². The second kappa shape index (κ2) is 9.36. The molecule has 2 N–H and O–H groups in total. The Labute approximate surface area is 188 Å². The summed E-state index contributed by atoms with van der Waals surface area (Å²) in [6.07, 6.45) is 6.53. The lowest BCUT2D eigenvalue weighted by molar-refractivity contribution is 0.102. The number of aromatic amines is 1. The summed E-state index contributed by atoms with van der Waals surface area (Å²) in [4.78, 5) is 36.7. The van der Waals surface area contributed by atoms with Gasteiger partial charge in [0.25, 0.3) is 11.5 Å². The van der Waals surface area contributed by atoms with Gasteiger partial charge in [-0.15, -0.1) is 6.58 Å². The standard InChI is InChI=1S/C23H19N5O3S/c1-2-12-28-22(30)17-6-5-16(13-18(17)26-23(28)32)21(29)27-20-19(4-3-9-25-20)31-14-15-7-10-24-11-8-15/h2-11,13H,1,12,14H2,(H,26,32)(H,25,27,29). The molecule has 0 spiro atoms. The van der Waals surface area contributed by atoms with E-state index in [4.69, 9.17) is 17.0 Å². The number of hydrogen-bond acceptors (Lipinski definition) is 6. The van der Waals surface area contributed by atoms with E-state index in [-0.39, 0.29) is 10.3 Å². The number of carbonyl (C=O) groups is 1. The fourth-order valence-electron chi connectivity index (χ4n) is 3.11. The highest BCUT2D eigenvalue weighted by atomic mass is 32.1. The Balaban J connectivity index is 1.58. The van der Waals surface area contributed by atoms with E-state index in [1.165, 1.54) is 4.57 Å². The van der Waals surface area contributed by atoms with Gasteiger partial charge in [0.05, 0.1) is 10.9 Å². The minimum absolute atomic E-state index is 0.243. The molecule has 0 saturated heterocycles. The molecule has 0 aliphatic carbocycles. The molecule has 32 heavy (non-hydrogen) atoms. The van der Waals surface area contributed by atoms with Crippen LogP contribution >= 0.6 is 12.2 Å². The van der Waals surface area contributed by atoms with Gasteiger partial charge in [0, 0.05) is 30.7 Å². The van der Waals surface area contributed by atoms with Crippen molar-refractivity contribution < 1.29 is 9.53 Å². The summed E-state index contributed by atoms with van der Waals surface area (Å²) in [5.74, 6) is 0.333. The van der Waals surface area contributed by atoms with Crippen LogP contribution in [0.3, 0.4) is 0 Å². The number of amides is 1. The summed E-state index contributed by atoms with van der Waals surface area (Å²) in [5.41, 5.74) is 1.51. The first kappa shape index (κ1) is 21.1. The van der Waals surface area contributed by atoms with Gasteiger partial charge < -0.3 is 15.0 Å². The molecule has 4 aromatic rings. The third-order valence-electron chi connectivity index (χ3n) is 4.70. The van der Waals surface area contributed by atoms with Crippen LogP contribution in [0.25, 0.3) is 10.9 Å². The molecule has 9 heteroatoms. The Morgan fingerprint density at radius 3 is 2.81 bits per heavy atom. The molecule has 0 atom stereocenters. The summed E-state index contributed by atoms with van der Waals surface area (Å²) >= 11 is 5.26. The lowest BCUT2D eigenvalue weighted by Gasteiger charge is -2.12. The number of pyridine rings is 2. The number of hydrogen-bond donors (Lipinski definition) is 2. The van der Waals surface area contributed by atoms with Crippen molar-refractivity contribution in [2.24, 2.45) is 0 Å². The topological polar surface area (TPSA) is 102 Å². The monoisotopic (exact) mass is 445 g/mol. The van der Waals surface area contributed by atoms with E-state index in [9.17, 15) is 9.59 Å². The molecule has 0 aliphatic heterocycles. The van der Waals surface area contributed by atoms with Crippen LogP contribution in [0, 0.1) is 4.77 Å². The summed E-state index contributed by atoms with van der Waals surface area (Å²) in [6.45, 7) is 4.25. The molecule has 1 amide bonds. The van der Waals surface area contributed by atoms with Crippen LogP contribution in [0.2, 0.25) is 0 Å². The molecule has 8 nitrogen and oxygen atoms in total. The Morgan fingerprint density at radius 2 is 2.03 bits per heavy atom. The maximum atomic E-state index is 12.9. The molecule has 3 aromatic heterocycles. The normalized spacial score (nSPS) is 10.6. The Morgan fingerprint density at radius 1 is 1.22 bits per heavy atom. The van der Waals surface area contributed by atoms with E-state index in [1.807, 2.05) is 12.1 Å². The number of allylic oxidation sites excluding steroid dienone is 1. The first-order valence-corrected chi connectivity index (χ1v) is 10.1. The van der Waals surface area contributed by atoms with Crippen molar-refractivity contribution >= 4 is 34.8 Å². The first-order chi connectivity index (χ1) is 15.6. The molecule has 0 unspecified atom stereocenters. The average molecular weight is 446 g/mol. The van der Waals surface area contributed by atoms with Crippen LogP contribution in [0.5, 0.6) is 5.75 Å². The quantitative estimate of drug-likeness (QED) is 0.331. The van der Waals surface area contributed by atoms with Crippen LogP contribution in [-0.4, -0.2) is 25.4 Å². The lowest BCUT2D eigenvalue weighted by atomic mass is 10.1. The molecule has 0 aliphatic rings. The number of nitrogens with zero attached hydrogens (tertiary/aromatic N) is 3. The van der Waals surface area contributed by atoms with E-state index in [2.05, 4.69) is 26.8 Å². The molecule has 4 rings (SSSR count). The summed E-state index contributed by atoms with van der Waals surface area (Å²) in [6, 6.07) is 11.9. The van der Waals surface area contributed by atoms with Gasteiger partial charge >= 0.3 is 0 Å². The minimum Gasteiger partial charge on any atom is -0.485 e. The predicted octanol–water partition coefficient (Wildman–Crippen LogP) is 3.87. The highest BCUT2D eigenvalue weighted by Gasteiger charge is 2.13. The van der Waals surface area contributed by atoms with Crippen molar-refractivity contribution in [1.29, 1.82) is 0 Å². The van der Waals surface area contributed by atoms with Crippen LogP contribution in [0.15, 0.2) is 78.5 Å². The molecule has 0 fully saturated rings. The van der Waals surface area contributed by atoms with Gasteiger partial charge in [0.2, 0.25) is 0 Å². The van der Waals surface area contributed by atoms with Crippen LogP contribution in [0.4, 0.5) is 5.82 Å². The Bertz CT molecular complexity index is 1410. The number of rotatable bonds is 7. The van der Waals surface area contributed by atoms with Crippen molar-refractivity contribution in [1.82, 2.24) is 19.5 Å². The van der Waals surface area contributed by atoms with Crippen molar-refractivity contribution in [2.45, 2.75) is 13.2 Å². The molecule has 3 heterocycles. The number of benzene rings is 1. The van der Waals surface area contributed by atoms with E-state index in [0.29, 0.717) is 41.2 Å². The second-order valence-corrected chi connectivity index (χ2v) is 7.23. The minimum atomic E-state index is -0.394. The predicted molar refractivity (Wildman–Crippen MR) is 124 cm³/mol. The van der Waals surface area contributed by atoms with Gasteiger partial charge in [-0.1, -0.05) is 6.08 Å². The summed E-state index contributed by atoms with van der Waals surface area (Å²) in [7, 11) is 0. The summed E-state index contributed by atoms with van der Waals surface area (Å²) < 4.78 is 7.49. The van der Waals surface area contributed by atoms with Crippen molar-refractivity contribution in [3.8, 4) is 5.75 Å². The fourth-order valence-corrected chi connectivity index (χ4v) is 3.38. The number of carbonyl (C=O) groups excluding carboxylic acids is 1. The molecule has 0 radical (unpaired) electrons. The third-order valence-corrected chi connectivity index (χ3v) is 5.02. The number of nitrogens with one attached hydrogen (secondary N) is 2. The van der Waals surface area contributed by atoms with E-state index in [1.54, 1.807) is 55.0 Å². The van der Waals surface area contributed by atoms with Crippen LogP contribution in [-0.2, 0) is 13.2 Å². The maximum absolute atomic E-state index is 12.9. The first-order valence-electron chi connectivity index (χ1n) is 9.72.